The first-order valence-corrected chi connectivity index (χ1v) is 13.6. The molecule has 11 nitrogen and oxygen atoms in total. The zero-order valence-corrected chi connectivity index (χ0v) is 24.5. The van der Waals surface area contributed by atoms with Crippen LogP contribution >= 0.6 is 0 Å². The molecule has 0 aliphatic heterocycles. The fourth-order valence-corrected chi connectivity index (χ4v) is 5.08. The number of hydrogen-bond acceptors (Lipinski definition) is 8. The first kappa shape index (κ1) is 30.2. The van der Waals surface area contributed by atoms with Gasteiger partial charge in [-0.1, -0.05) is 25.1 Å². The van der Waals surface area contributed by atoms with Crippen molar-refractivity contribution >= 4 is 23.7 Å². The van der Waals surface area contributed by atoms with Gasteiger partial charge in [-0.2, -0.15) is 5.10 Å². The van der Waals surface area contributed by atoms with Gasteiger partial charge in [0.25, 0.3) is 0 Å². The van der Waals surface area contributed by atoms with Gasteiger partial charge in [0.05, 0.1) is 17.7 Å². The average Bonchev–Trinajstić information content (AvgIpc) is 3.41. The number of aliphatic hydroxyl groups excluding tert-OH is 1. The van der Waals surface area contributed by atoms with E-state index in [9.17, 15) is 14.7 Å². The number of ether oxygens (including phenoxy) is 1. The van der Waals surface area contributed by atoms with Gasteiger partial charge in [-0.05, 0) is 70.6 Å². The normalized spacial score (nSPS) is 15.9. The summed E-state index contributed by atoms with van der Waals surface area (Å²) in [5, 5.41) is 24.2. The summed E-state index contributed by atoms with van der Waals surface area (Å²) >= 11 is 0. The molecule has 3 aromatic rings. The monoisotopic (exact) mass is 570 g/mol. The number of hydrogen-bond donors (Lipinski definition) is 4. The van der Waals surface area contributed by atoms with Crippen LogP contribution in [0.25, 0.3) is 11.3 Å². The molecule has 1 fully saturated rings. The Bertz CT molecular complexity index is 1430. The van der Waals surface area contributed by atoms with Crippen LogP contribution in [0.2, 0.25) is 0 Å². The molecule has 1 unspecified atom stereocenters. The van der Waals surface area contributed by atoms with E-state index in [2.05, 4.69) is 34.7 Å². The highest BCUT2D eigenvalue weighted by atomic mass is 19.1. The van der Waals surface area contributed by atoms with Crippen molar-refractivity contribution in [2.24, 2.45) is 11.1 Å². The van der Waals surface area contributed by atoms with Gasteiger partial charge in [0.15, 0.2) is 0 Å². The van der Waals surface area contributed by atoms with E-state index in [1.807, 2.05) is 13.8 Å². The Balaban J connectivity index is 1.52. The number of halogens is 1. The summed E-state index contributed by atoms with van der Waals surface area (Å²) < 4.78 is 27.5. The van der Waals surface area contributed by atoms with Crippen molar-refractivity contribution in [1.82, 2.24) is 14.9 Å². The van der Waals surface area contributed by atoms with Crippen LogP contribution < -0.4 is 16.4 Å². The number of aromatic nitrogens is 3. The number of carbonyl (C=O) groups excluding carboxylic acids is 2. The molecule has 2 amide bonds. The van der Waals surface area contributed by atoms with Gasteiger partial charge in [0.2, 0.25) is 11.8 Å². The van der Waals surface area contributed by atoms with E-state index in [-0.39, 0.29) is 52.3 Å². The summed E-state index contributed by atoms with van der Waals surface area (Å²) in [4.78, 5) is 25.2. The Morgan fingerprint density at radius 1 is 1.24 bits per heavy atom. The molecule has 2 heterocycles. The zero-order chi connectivity index (χ0) is 30.3. The number of carbonyl (C=O) groups is 2. The SMILES string of the molecule is CC(C)n1nc(-c2ccc(CC(=O)Nc3cc(C4CC(C)(C)C4)no3)cc2F)c(C(N)O)c1NC(=O)OC(C)(C)C. The van der Waals surface area contributed by atoms with E-state index in [0.717, 1.165) is 18.5 Å². The van der Waals surface area contributed by atoms with Crippen molar-refractivity contribution in [3.8, 4) is 11.3 Å². The second-order valence-electron chi connectivity index (χ2n) is 12.6. The van der Waals surface area contributed by atoms with E-state index in [1.165, 1.54) is 16.8 Å². The first-order valence-electron chi connectivity index (χ1n) is 13.6. The fraction of sp³-hybridized carbons (Fsp3) is 0.517. The zero-order valence-electron chi connectivity index (χ0n) is 24.5. The number of amides is 2. The molecule has 5 N–H and O–H groups in total. The molecular formula is C29H39FN6O5. The highest BCUT2D eigenvalue weighted by Crippen LogP contribution is 2.50. The second kappa shape index (κ2) is 11.2. The summed E-state index contributed by atoms with van der Waals surface area (Å²) in [6.07, 6.45) is -0.442. The maximum atomic E-state index is 15.4. The smallest absolute Gasteiger partial charge is 0.413 e. The van der Waals surface area contributed by atoms with E-state index in [1.54, 1.807) is 32.9 Å². The maximum absolute atomic E-state index is 15.4. The Labute approximate surface area is 238 Å². The summed E-state index contributed by atoms with van der Waals surface area (Å²) in [5.74, 6) is -0.405. The fourth-order valence-electron chi connectivity index (χ4n) is 5.08. The molecule has 4 rings (SSSR count). The summed E-state index contributed by atoms with van der Waals surface area (Å²) in [5.41, 5.74) is 6.73. The standard InChI is InChI=1S/C29H39FN6O5/c1-15(2)36-26(33-27(39)40-28(3,4)5)23(25(31)38)24(34-36)18-9-8-16(10-19(18)30)11-21(37)32-22-12-20(35-41-22)17-13-29(6,7)14-17/h8-10,12,15,17,25,38H,11,13-14,31H2,1-7H3,(H,32,37)(H,33,39). The van der Waals surface area contributed by atoms with Gasteiger partial charge in [-0.15, -0.1) is 0 Å². The van der Waals surface area contributed by atoms with Gasteiger partial charge in [0, 0.05) is 23.6 Å². The molecule has 1 aliphatic carbocycles. The van der Waals surface area contributed by atoms with Crippen LogP contribution in [-0.2, 0) is 16.0 Å². The molecule has 1 aromatic carbocycles. The van der Waals surface area contributed by atoms with Crippen LogP contribution in [0.15, 0.2) is 28.8 Å². The maximum Gasteiger partial charge on any atom is 0.413 e. The number of nitrogens with zero attached hydrogens (tertiary/aromatic N) is 3. The van der Waals surface area contributed by atoms with Gasteiger partial charge >= 0.3 is 6.09 Å². The van der Waals surface area contributed by atoms with Crippen LogP contribution in [0.3, 0.4) is 0 Å². The number of nitrogens with two attached hydrogens (primary N) is 1. The van der Waals surface area contributed by atoms with Crippen LogP contribution in [0.4, 0.5) is 20.9 Å². The summed E-state index contributed by atoms with van der Waals surface area (Å²) in [6.45, 7) is 13.2. The van der Waals surface area contributed by atoms with E-state index in [4.69, 9.17) is 15.0 Å². The molecule has 0 bridgehead atoms. The highest BCUT2D eigenvalue weighted by Gasteiger charge is 2.38. The molecule has 0 radical (unpaired) electrons. The van der Waals surface area contributed by atoms with Crippen LogP contribution in [0, 0.1) is 11.2 Å². The van der Waals surface area contributed by atoms with Gasteiger partial charge in [-0.25, -0.2) is 13.9 Å². The lowest BCUT2D eigenvalue weighted by molar-refractivity contribution is -0.115. The topological polar surface area (TPSA) is 158 Å². The number of anilines is 2. The van der Waals surface area contributed by atoms with Crippen molar-refractivity contribution in [1.29, 1.82) is 0 Å². The molecule has 1 atom stereocenters. The van der Waals surface area contributed by atoms with Crippen LogP contribution in [-0.4, -0.2) is 37.6 Å². The Morgan fingerprint density at radius 2 is 1.93 bits per heavy atom. The third-order valence-corrected chi connectivity index (χ3v) is 6.81. The average molecular weight is 571 g/mol. The molecular weight excluding hydrogens is 531 g/mol. The van der Waals surface area contributed by atoms with Crippen molar-refractivity contribution in [3.63, 3.8) is 0 Å². The predicted octanol–water partition coefficient (Wildman–Crippen LogP) is 5.64. The number of benzene rings is 1. The van der Waals surface area contributed by atoms with Crippen molar-refractivity contribution < 1.29 is 28.3 Å². The molecule has 12 heteroatoms. The Kier molecular flexibility index (Phi) is 8.28. The van der Waals surface area contributed by atoms with E-state index < -0.39 is 23.7 Å². The van der Waals surface area contributed by atoms with Gasteiger partial charge in [-0.3, -0.25) is 15.4 Å². The van der Waals surface area contributed by atoms with Crippen LogP contribution in [0.1, 0.15) is 96.3 Å². The molecule has 0 spiro atoms. The molecule has 0 saturated heterocycles. The highest BCUT2D eigenvalue weighted by molar-refractivity contribution is 5.91. The van der Waals surface area contributed by atoms with Crippen LogP contribution in [0.5, 0.6) is 0 Å². The van der Waals surface area contributed by atoms with Gasteiger partial charge in [0.1, 0.15) is 29.2 Å². The third-order valence-electron chi connectivity index (χ3n) is 6.81. The minimum atomic E-state index is -1.58. The number of aliphatic hydroxyl groups is 1. The Morgan fingerprint density at radius 3 is 2.49 bits per heavy atom. The molecule has 222 valence electrons. The van der Waals surface area contributed by atoms with Gasteiger partial charge < -0.3 is 20.1 Å². The van der Waals surface area contributed by atoms with E-state index in [0.29, 0.717) is 11.5 Å². The van der Waals surface area contributed by atoms with Crippen molar-refractivity contribution in [3.05, 3.63) is 46.9 Å². The second-order valence-corrected chi connectivity index (χ2v) is 12.6. The predicted molar refractivity (Wildman–Crippen MR) is 152 cm³/mol. The lowest BCUT2D eigenvalue weighted by atomic mass is 9.63. The Hall–Kier alpha value is -3.77. The lowest BCUT2D eigenvalue weighted by Gasteiger charge is -2.41. The summed E-state index contributed by atoms with van der Waals surface area (Å²) in [6, 6.07) is 5.72. The molecule has 2 aromatic heterocycles. The molecule has 1 aliphatic rings. The minimum absolute atomic E-state index is 0.0323. The lowest BCUT2D eigenvalue weighted by Crippen LogP contribution is -2.29. The minimum Gasteiger partial charge on any atom is -0.444 e. The van der Waals surface area contributed by atoms with Crippen molar-refractivity contribution in [2.45, 2.75) is 91.5 Å². The number of rotatable bonds is 8. The van der Waals surface area contributed by atoms with Crippen molar-refractivity contribution in [2.75, 3.05) is 10.6 Å². The molecule has 1 saturated carbocycles. The molecule has 41 heavy (non-hydrogen) atoms. The van der Waals surface area contributed by atoms with E-state index >= 15 is 4.39 Å². The summed E-state index contributed by atoms with van der Waals surface area (Å²) in [7, 11) is 0. The number of nitrogens with one attached hydrogen (secondary N) is 2. The largest absolute Gasteiger partial charge is 0.444 e. The first-order chi connectivity index (χ1) is 19.0. The quantitative estimate of drug-likeness (QED) is 0.253. The third kappa shape index (κ3) is 7.12.